The lowest BCUT2D eigenvalue weighted by molar-refractivity contribution is 0.100. The van der Waals surface area contributed by atoms with Crippen LogP contribution in [0.3, 0.4) is 0 Å². The summed E-state index contributed by atoms with van der Waals surface area (Å²) < 4.78 is 14.5. The molecule has 0 aliphatic rings. The van der Waals surface area contributed by atoms with Crippen molar-refractivity contribution < 1.29 is 9.18 Å². The summed E-state index contributed by atoms with van der Waals surface area (Å²) in [6.07, 6.45) is 1.59. The number of amides is 1. The fourth-order valence-electron chi connectivity index (χ4n) is 1.41. The minimum atomic E-state index is -0.695. The molecule has 2 aromatic rings. The highest BCUT2D eigenvalue weighted by Gasteiger charge is 2.14. The zero-order chi connectivity index (χ0) is 14.0. The van der Waals surface area contributed by atoms with Crippen LogP contribution in [0.4, 0.5) is 10.1 Å². The van der Waals surface area contributed by atoms with Gasteiger partial charge in [0.25, 0.3) is 5.91 Å². The second kappa shape index (κ2) is 5.58. The normalized spacial score (nSPS) is 10.4. The van der Waals surface area contributed by atoms with E-state index in [4.69, 9.17) is 11.5 Å². The van der Waals surface area contributed by atoms with Crippen LogP contribution in [0.15, 0.2) is 44.9 Å². The van der Waals surface area contributed by atoms with Gasteiger partial charge in [0, 0.05) is 11.9 Å². The average Bonchev–Trinajstić information content (AvgIpc) is 2.34. The van der Waals surface area contributed by atoms with Gasteiger partial charge >= 0.3 is 0 Å². The maximum atomic E-state index is 13.8. The Morgan fingerprint density at radius 2 is 2.16 bits per heavy atom. The van der Waals surface area contributed by atoms with Gasteiger partial charge in [-0.25, -0.2) is 9.37 Å². The molecule has 1 heterocycles. The monoisotopic (exact) mass is 341 g/mol. The molecule has 98 valence electrons. The molecule has 1 aromatic heterocycles. The number of primary amides is 1. The lowest BCUT2D eigenvalue weighted by Crippen LogP contribution is -2.14. The number of aromatic nitrogens is 1. The summed E-state index contributed by atoms with van der Waals surface area (Å²) in [5.74, 6) is -1.22. The van der Waals surface area contributed by atoms with E-state index in [1.54, 1.807) is 18.3 Å². The number of hydrogen-bond acceptors (Lipinski definition) is 4. The lowest BCUT2D eigenvalue weighted by Gasteiger charge is -2.08. The van der Waals surface area contributed by atoms with Crippen LogP contribution >= 0.6 is 27.7 Å². The molecular weight excluding hydrogens is 333 g/mol. The Morgan fingerprint density at radius 3 is 2.79 bits per heavy atom. The lowest BCUT2D eigenvalue weighted by atomic mass is 10.1. The zero-order valence-corrected chi connectivity index (χ0v) is 12.0. The van der Waals surface area contributed by atoms with E-state index in [1.807, 2.05) is 0 Å². The highest BCUT2D eigenvalue weighted by atomic mass is 79.9. The van der Waals surface area contributed by atoms with Gasteiger partial charge in [-0.1, -0.05) is 11.8 Å². The number of nitrogens with two attached hydrogens (primary N) is 2. The van der Waals surface area contributed by atoms with Crippen molar-refractivity contribution in [1.29, 1.82) is 0 Å². The van der Waals surface area contributed by atoms with Gasteiger partial charge < -0.3 is 11.5 Å². The molecule has 0 spiro atoms. The van der Waals surface area contributed by atoms with Crippen molar-refractivity contribution in [3.8, 4) is 0 Å². The van der Waals surface area contributed by atoms with Gasteiger partial charge in [-0.3, -0.25) is 4.79 Å². The maximum Gasteiger partial charge on any atom is 0.250 e. The number of hydrogen-bond donors (Lipinski definition) is 2. The predicted molar refractivity (Wildman–Crippen MR) is 75.4 cm³/mol. The fraction of sp³-hybridized carbons (Fsp3) is 0. The van der Waals surface area contributed by atoms with Crippen molar-refractivity contribution in [3.05, 3.63) is 46.3 Å². The molecule has 0 unspecified atom stereocenters. The first-order chi connectivity index (χ1) is 8.99. The molecule has 0 atom stereocenters. The van der Waals surface area contributed by atoms with Gasteiger partial charge in [0.05, 0.1) is 14.9 Å². The van der Waals surface area contributed by atoms with Crippen LogP contribution < -0.4 is 11.5 Å². The Balaban J connectivity index is 2.43. The summed E-state index contributed by atoms with van der Waals surface area (Å²) in [6, 6.07) is 5.96. The molecule has 7 heteroatoms. The van der Waals surface area contributed by atoms with Crippen LogP contribution in [0.1, 0.15) is 10.4 Å². The number of nitrogen functional groups attached to an aromatic ring is 1. The largest absolute Gasteiger partial charge is 0.398 e. The number of anilines is 1. The molecule has 0 fully saturated rings. The van der Waals surface area contributed by atoms with E-state index >= 15 is 0 Å². The molecule has 0 radical (unpaired) electrons. The van der Waals surface area contributed by atoms with Crippen LogP contribution in [-0.2, 0) is 0 Å². The van der Waals surface area contributed by atoms with Crippen molar-refractivity contribution in [1.82, 2.24) is 4.98 Å². The van der Waals surface area contributed by atoms with E-state index in [1.165, 1.54) is 6.07 Å². The van der Waals surface area contributed by atoms with Gasteiger partial charge in [0.2, 0.25) is 0 Å². The minimum absolute atomic E-state index is 0.0226. The van der Waals surface area contributed by atoms with E-state index < -0.39 is 11.7 Å². The van der Waals surface area contributed by atoms with E-state index in [2.05, 4.69) is 20.9 Å². The predicted octanol–water partition coefficient (Wildman–Crippen LogP) is 2.82. The second-order valence-electron chi connectivity index (χ2n) is 3.63. The Morgan fingerprint density at radius 1 is 1.42 bits per heavy atom. The van der Waals surface area contributed by atoms with E-state index in [0.29, 0.717) is 5.03 Å². The Hall–Kier alpha value is -1.60. The Bertz CT molecular complexity index is 651. The van der Waals surface area contributed by atoms with Crippen molar-refractivity contribution in [2.75, 3.05) is 5.73 Å². The Kier molecular flexibility index (Phi) is 4.06. The van der Waals surface area contributed by atoms with E-state index in [0.717, 1.165) is 22.3 Å². The van der Waals surface area contributed by atoms with Crippen molar-refractivity contribution in [2.24, 2.45) is 5.73 Å². The zero-order valence-electron chi connectivity index (χ0n) is 9.56. The van der Waals surface area contributed by atoms with Crippen LogP contribution in [0.5, 0.6) is 0 Å². The summed E-state index contributed by atoms with van der Waals surface area (Å²) in [4.78, 5) is 15.5. The molecule has 0 aliphatic heterocycles. The third-order valence-corrected chi connectivity index (χ3v) is 4.25. The van der Waals surface area contributed by atoms with E-state index in [9.17, 15) is 9.18 Å². The molecule has 1 amide bonds. The first kappa shape index (κ1) is 13.8. The fourth-order valence-corrected chi connectivity index (χ4v) is 2.73. The molecule has 4 N–H and O–H groups in total. The first-order valence-electron chi connectivity index (χ1n) is 5.16. The standard InChI is InChI=1S/C12H9BrFN3OS/c13-7-2-1-3-17-12(7)19-10-4-6(11(16)18)9(15)5-8(10)14/h1-5H,15H2,(H2,16,18). The highest BCUT2D eigenvalue weighted by Crippen LogP contribution is 2.34. The SMILES string of the molecule is NC(=O)c1cc(Sc2ncccc2Br)c(F)cc1N. The molecule has 4 nitrogen and oxygen atoms in total. The first-order valence-corrected chi connectivity index (χ1v) is 6.77. The highest BCUT2D eigenvalue weighted by molar-refractivity contribution is 9.10. The molecule has 0 aliphatic carbocycles. The molecule has 0 saturated heterocycles. The van der Waals surface area contributed by atoms with Gasteiger partial charge in [0.1, 0.15) is 10.8 Å². The summed E-state index contributed by atoms with van der Waals surface area (Å²) in [7, 11) is 0. The summed E-state index contributed by atoms with van der Waals surface area (Å²) in [5.41, 5.74) is 10.8. The summed E-state index contributed by atoms with van der Waals surface area (Å²) >= 11 is 4.40. The second-order valence-corrected chi connectivity index (χ2v) is 5.51. The van der Waals surface area contributed by atoms with Crippen molar-refractivity contribution in [3.63, 3.8) is 0 Å². The number of rotatable bonds is 3. The molecule has 2 rings (SSSR count). The molecule has 19 heavy (non-hydrogen) atoms. The molecule has 0 saturated carbocycles. The minimum Gasteiger partial charge on any atom is -0.398 e. The average molecular weight is 342 g/mol. The van der Waals surface area contributed by atoms with Crippen LogP contribution in [0.2, 0.25) is 0 Å². The van der Waals surface area contributed by atoms with Gasteiger partial charge in [-0.05, 0) is 40.2 Å². The third kappa shape index (κ3) is 3.05. The number of benzene rings is 1. The van der Waals surface area contributed by atoms with Crippen molar-refractivity contribution in [2.45, 2.75) is 9.92 Å². The van der Waals surface area contributed by atoms with Gasteiger partial charge in [-0.2, -0.15) is 0 Å². The summed E-state index contributed by atoms with van der Waals surface area (Å²) in [5, 5.41) is 0.585. The number of pyridine rings is 1. The van der Waals surface area contributed by atoms with Gasteiger partial charge in [0.15, 0.2) is 0 Å². The number of nitrogens with zero attached hydrogens (tertiary/aromatic N) is 1. The van der Waals surface area contributed by atoms with Crippen LogP contribution in [0.25, 0.3) is 0 Å². The maximum absolute atomic E-state index is 13.8. The smallest absolute Gasteiger partial charge is 0.250 e. The quantitative estimate of drug-likeness (QED) is 0.841. The number of halogens is 2. The third-order valence-electron chi connectivity index (χ3n) is 2.30. The molecule has 1 aromatic carbocycles. The van der Waals surface area contributed by atoms with E-state index in [-0.39, 0.29) is 16.1 Å². The number of carbonyl (C=O) groups excluding carboxylic acids is 1. The topological polar surface area (TPSA) is 82.0 Å². The van der Waals surface area contributed by atoms with Crippen LogP contribution in [-0.4, -0.2) is 10.9 Å². The number of carbonyl (C=O) groups is 1. The molecule has 0 bridgehead atoms. The Labute approximate surface area is 121 Å². The van der Waals surface area contributed by atoms with Crippen LogP contribution in [0, 0.1) is 5.82 Å². The van der Waals surface area contributed by atoms with Crippen molar-refractivity contribution >= 4 is 39.3 Å². The summed E-state index contributed by atoms with van der Waals surface area (Å²) in [6.45, 7) is 0. The molecular formula is C12H9BrFN3OS. The van der Waals surface area contributed by atoms with Gasteiger partial charge in [-0.15, -0.1) is 0 Å².